The summed E-state index contributed by atoms with van der Waals surface area (Å²) in [5.74, 6) is 0.895. The summed E-state index contributed by atoms with van der Waals surface area (Å²) in [6, 6.07) is 11.4. The van der Waals surface area contributed by atoms with Gasteiger partial charge in [0.05, 0.1) is 24.8 Å². The van der Waals surface area contributed by atoms with E-state index in [0.29, 0.717) is 24.0 Å². The van der Waals surface area contributed by atoms with Crippen molar-refractivity contribution >= 4 is 21.6 Å². The second kappa shape index (κ2) is 10.7. The second-order valence-electron chi connectivity index (χ2n) is 8.17. The Bertz CT molecular complexity index is 1020. The molecule has 1 aliphatic carbocycles. The van der Waals surface area contributed by atoms with Crippen molar-refractivity contribution < 1.29 is 22.7 Å². The van der Waals surface area contributed by atoms with Crippen LogP contribution < -0.4 is 19.1 Å². The van der Waals surface area contributed by atoms with Crippen LogP contribution in [-0.2, 0) is 14.8 Å². The van der Waals surface area contributed by atoms with Gasteiger partial charge in [-0.1, -0.05) is 37.0 Å². The van der Waals surface area contributed by atoms with Gasteiger partial charge < -0.3 is 14.8 Å². The smallest absolute Gasteiger partial charge is 0.264 e. The minimum atomic E-state index is -4.03. The molecule has 1 N–H and O–H groups in total. The molecule has 0 atom stereocenters. The van der Waals surface area contributed by atoms with Crippen LogP contribution in [0.1, 0.15) is 37.7 Å². The largest absolute Gasteiger partial charge is 0.497 e. The van der Waals surface area contributed by atoms with Gasteiger partial charge in [0.15, 0.2) is 0 Å². The average Bonchev–Trinajstić information content (AvgIpc) is 2.81. The molecule has 1 saturated carbocycles. The summed E-state index contributed by atoms with van der Waals surface area (Å²) in [4.78, 5) is 13.0. The highest BCUT2D eigenvalue weighted by molar-refractivity contribution is 7.92. The molecule has 2 aromatic carbocycles. The minimum absolute atomic E-state index is 0.105. The molecule has 3 rings (SSSR count). The highest BCUT2D eigenvalue weighted by Crippen LogP contribution is 2.35. The predicted octanol–water partition coefficient (Wildman–Crippen LogP) is 3.90. The van der Waals surface area contributed by atoms with Gasteiger partial charge in [0, 0.05) is 12.6 Å². The van der Waals surface area contributed by atoms with Crippen LogP contribution in [0.25, 0.3) is 0 Å². The summed E-state index contributed by atoms with van der Waals surface area (Å²) in [5, 5.41) is 2.93. The van der Waals surface area contributed by atoms with E-state index in [1.807, 2.05) is 6.92 Å². The van der Waals surface area contributed by atoms with E-state index in [1.165, 1.54) is 33.5 Å². The number of rotatable bonds is 9. The number of sulfonamides is 1. The van der Waals surface area contributed by atoms with Crippen LogP contribution in [0.15, 0.2) is 47.4 Å². The van der Waals surface area contributed by atoms with E-state index in [1.54, 1.807) is 42.5 Å². The van der Waals surface area contributed by atoms with Crippen molar-refractivity contribution in [3.05, 3.63) is 48.0 Å². The van der Waals surface area contributed by atoms with Gasteiger partial charge in [0.1, 0.15) is 18.0 Å². The Morgan fingerprint density at radius 2 is 1.72 bits per heavy atom. The summed E-state index contributed by atoms with van der Waals surface area (Å²) >= 11 is 0. The van der Waals surface area contributed by atoms with Crippen molar-refractivity contribution in [3.8, 4) is 11.5 Å². The van der Waals surface area contributed by atoms with Crippen molar-refractivity contribution in [3.63, 3.8) is 0 Å². The molecular formula is C24H32N2O5S. The van der Waals surface area contributed by atoms with E-state index < -0.39 is 10.0 Å². The molecule has 2 aromatic rings. The molecule has 0 aliphatic heterocycles. The summed E-state index contributed by atoms with van der Waals surface area (Å²) in [5.41, 5.74) is 1.19. The van der Waals surface area contributed by atoms with Crippen molar-refractivity contribution in [1.82, 2.24) is 5.32 Å². The van der Waals surface area contributed by atoms with E-state index in [-0.39, 0.29) is 23.0 Å². The molecule has 0 radical (unpaired) electrons. The number of methoxy groups -OCH3 is 2. The quantitative estimate of drug-likeness (QED) is 0.613. The zero-order valence-electron chi connectivity index (χ0n) is 19.0. The van der Waals surface area contributed by atoms with E-state index in [0.717, 1.165) is 22.7 Å². The standard InChI is InChI=1S/C24H32N2O5S/c1-18-9-12-21(13-10-18)32(28,29)26(22-15-20(30-2)11-14-23(22)31-3)17-24(27)25-16-19-7-5-4-6-8-19/h9-15,19H,4-8,16-17H2,1-3H3,(H,25,27). The highest BCUT2D eigenvalue weighted by atomic mass is 32.2. The molecular weight excluding hydrogens is 428 g/mol. The fraction of sp³-hybridized carbons (Fsp3) is 0.458. The van der Waals surface area contributed by atoms with Gasteiger partial charge in [-0.2, -0.15) is 0 Å². The van der Waals surface area contributed by atoms with Gasteiger partial charge in [-0.25, -0.2) is 8.42 Å². The first kappa shape index (κ1) is 23.9. The first-order valence-electron chi connectivity index (χ1n) is 10.9. The number of nitrogens with one attached hydrogen (secondary N) is 1. The van der Waals surface area contributed by atoms with E-state index in [9.17, 15) is 13.2 Å². The van der Waals surface area contributed by atoms with E-state index >= 15 is 0 Å². The van der Waals surface area contributed by atoms with Crippen LogP contribution in [0.3, 0.4) is 0 Å². The maximum Gasteiger partial charge on any atom is 0.264 e. The van der Waals surface area contributed by atoms with E-state index in [4.69, 9.17) is 9.47 Å². The van der Waals surface area contributed by atoms with Gasteiger partial charge in [-0.3, -0.25) is 9.10 Å². The van der Waals surface area contributed by atoms with Crippen molar-refractivity contribution in [2.24, 2.45) is 5.92 Å². The Hall–Kier alpha value is -2.74. The Morgan fingerprint density at radius 3 is 2.34 bits per heavy atom. The molecule has 1 aliphatic rings. The molecule has 32 heavy (non-hydrogen) atoms. The Balaban J connectivity index is 1.92. The maximum absolute atomic E-state index is 13.6. The number of hydrogen-bond donors (Lipinski definition) is 1. The Labute approximate surface area is 190 Å². The van der Waals surface area contributed by atoms with Gasteiger partial charge in [0.25, 0.3) is 10.0 Å². The normalized spacial score (nSPS) is 14.6. The number of carbonyl (C=O) groups excluding carboxylic acids is 1. The summed E-state index contributed by atoms with van der Waals surface area (Å²) < 4.78 is 39.0. The SMILES string of the molecule is COc1ccc(OC)c(N(CC(=O)NCC2CCCCC2)S(=O)(=O)c2ccc(C)cc2)c1. The number of benzene rings is 2. The fourth-order valence-corrected chi connectivity index (χ4v) is 5.39. The van der Waals surface area contributed by atoms with Crippen molar-refractivity contribution in [1.29, 1.82) is 0 Å². The second-order valence-corrected chi connectivity index (χ2v) is 10.0. The lowest BCUT2D eigenvalue weighted by atomic mass is 9.89. The first-order chi connectivity index (χ1) is 15.3. The molecule has 0 unspecified atom stereocenters. The summed E-state index contributed by atoms with van der Waals surface area (Å²) in [6.45, 7) is 2.09. The topological polar surface area (TPSA) is 84.9 Å². The van der Waals surface area contributed by atoms with Crippen LogP contribution in [0.2, 0.25) is 0 Å². The number of ether oxygens (including phenoxy) is 2. The monoisotopic (exact) mass is 460 g/mol. The molecule has 174 valence electrons. The lowest BCUT2D eigenvalue weighted by Gasteiger charge is -2.27. The van der Waals surface area contributed by atoms with E-state index in [2.05, 4.69) is 5.32 Å². The Kier molecular flexibility index (Phi) is 8.01. The van der Waals surface area contributed by atoms with Crippen LogP contribution in [0.5, 0.6) is 11.5 Å². The molecule has 0 heterocycles. The molecule has 7 nitrogen and oxygen atoms in total. The molecule has 0 aromatic heterocycles. The molecule has 0 spiro atoms. The van der Waals surface area contributed by atoms with Crippen LogP contribution in [-0.4, -0.2) is 41.6 Å². The first-order valence-corrected chi connectivity index (χ1v) is 12.4. The van der Waals surface area contributed by atoms with Gasteiger partial charge in [0.2, 0.25) is 5.91 Å². The van der Waals surface area contributed by atoms with Crippen molar-refractivity contribution in [2.45, 2.75) is 43.9 Å². The number of amides is 1. The highest BCUT2D eigenvalue weighted by Gasteiger charge is 2.30. The summed E-state index contributed by atoms with van der Waals surface area (Å²) in [6.07, 6.45) is 5.78. The van der Waals surface area contributed by atoms with Crippen molar-refractivity contribution in [2.75, 3.05) is 31.6 Å². The third kappa shape index (κ3) is 5.73. The lowest BCUT2D eigenvalue weighted by Crippen LogP contribution is -2.42. The predicted molar refractivity (Wildman–Crippen MR) is 125 cm³/mol. The molecule has 1 amide bonds. The third-order valence-corrected chi connectivity index (χ3v) is 7.64. The summed E-state index contributed by atoms with van der Waals surface area (Å²) in [7, 11) is -1.07. The number of anilines is 1. The molecule has 0 saturated heterocycles. The third-order valence-electron chi connectivity index (χ3n) is 5.86. The van der Waals surface area contributed by atoms with Crippen LogP contribution in [0, 0.1) is 12.8 Å². The number of nitrogens with zero attached hydrogens (tertiary/aromatic N) is 1. The minimum Gasteiger partial charge on any atom is -0.497 e. The zero-order valence-corrected chi connectivity index (χ0v) is 19.8. The number of hydrogen-bond acceptors (Lipinski definition) is 5. The zero-order chi connectivity index (χ0) is 23.1. The lowest BCUT2D eigenvalue weighted by molar-refractivity contribution is -0.119. The molecule has 0 bridgehead atoms. The van der Waals surface area contributed by atoms with Gasteiger partial charge in [-0.05, 0) is 49.9 Å². The number of carbonyl (C=O) groups is 1. The fourth-order valence-electron chi connectivity index (χ4n) is 3.96. The average molecular weight is 461 g/mol. The molecule has 1 fully saturated rings. The van der Waals surface area contributed by atoms with Crippen LogP contribution >= 0.6 is 0 Å². The number of aryl methyl sites for hydroxylation is 1. The maximum atomic E-state index is 13.6. The van der Waals surface area contributed by atoms with Crippen LogP contribution in [0.4, 0.5) is 5.69 Å². The Morgan fingerprint density at radius 1 is 1.03 bits per heavy atom. The van der Waals surface area contributed by atoms with Gasteiger partial charge in [-0.15, -0.1) is 0 Å². The molecule has 8 heteroatoms. The van der Waals surface area contributed by atoms with Gasteiger partial charge >= 0.3 is 0 Å².